The van der Waals surface area contributed by atoms with Crippen LogP contribution in [0.4, 0.5) is 0 Å². The Morgan fingerprint density at radius 1 is 1.43 bits per heavy atom. The van der Waals surface area contributed by atoms with E-state index in [0.717, 1.165) is 37.8 Å². The van der Waals surface area contributed by atoms with Crippen LogP contribution >= 0.6 is 0 Å². The van der Waals surface area contributed by atoms with Crippen molar-refractivity contribution in [3.63, 3.8) is 0 Å². The van der Waals surface area contributed by atoms with Crippen LogP contribution in [0.3, 0.4) is 0 Å². The van der Waals surface area contributed by atoms with Crippen molar-refractivity contribution in [2.24, 2.45) is 5.92 Å². The summed E-state index contributed by atoms with van der Waals surface area (Å²) >= 11 is 0. The number of aromatic nitrogens is 2. The molecule has 3 aliphatic rings. The lowest BCUT2D eigenvalue weighted by molar-refractivity contribution is -0.163. The van der Waals surface area contributed by atoms with Crippen LogP contribution in [0.5, 0.6) is 0 Å². The summed E-state index contributed by atoms with van der Waals surface area (Å²) in [5, 5.41) is 4.70. The third-order valence-electron chi connectivity index (χ3n) is 4.93. The van der Waals surface area contributed by atoms with Gasteiger partial charge in [-0.25, -0.2) is 0 Å². The van der Waals surface area contributed by atoms with Crippen LogP contribution < -0.4 is 0 Å². The number of hydrogen-bond donors (Lipinski definition) is 0. The van der Waals surface area contributed by atoms with E-state index in [9.17, 15) is 4.79 Å². The number of nitrogens with zero attached hydrogens (tertiary/aromatic N) is 2. The normalized spacial score (nSPS) is 30.0. The molecule has 1 spiro atoms. The van der Waals surface area contributed by atoms with E-state index in [0.29, 0.717) is 19.3 Å². The van der Waals surface area contributed by atoms with Gasteiger partial charge in [0.25, 0.3) is 0 Å². The molecule has 2 fully saturated rings. The number of aryl methyl sites for hydroxylation is 1. The number of hydrogen-bond acceptors (Lipinski definition) is 5. The third kappa shape index (κ3) is 2.17. The highest BCUT2D eigenvalue weighted by Crippen LogP contribution is 2.40. The fourth-order valence-corrected chi connectivity index (χ4v) is 3.61. The van der Waals surface area contributed by atoms with E-state index in [2.05, 4.69) is 6.20 Å². The van der Waals surface area contributed by atoms with E-state index in [1.54, 1.807) is 0 Å². The third-order valence-corrected chi connectivity index (χ3v) is 4.93. The van der Waals surface area contributed by atoms with Crippen LogP contribution in [-0.2, 0) is 31.8 Å². The number of fused-ring (bicyclic) bond motifs is 1. The van der Waals surface area contributed by atoms with E-state index < -0.39 is 5.79 Å². The first-order valence-electron chi connectivity index (χ1n) is 7.62. The number of carbonyl (C=O) groups excluding carboxylic acids is 1. The Kier molecular flexibility index (Phi) is 3.04. The second kappa shape index (κ2) is 4.81. The van der Waals surface area contributed by atoms with Gasteiger partial charge in [0.2, 0.25) is 0 Å². The zero-order valence-electron chi connectivity index (χ0n) is 12.2. The maximum atomic E-state index is 11.5. The zero-order valence-corrected chi connectivity index (χ0v) is 12.2. The number of rotatable bonds is 2. The van der Waals surface area contributed by atoms with Gasteiger partial charge in [-0.2, -0.15) is 5.10 Å². The second-order valence-electron chi connectivity index (χ2n) is 6.21. The molecule has 2 heterocycles. The predicted octanol–water partition coefficient (Wildman–Crippen LogP) is 1.24. The quantitative estimate of drug-likeness (QED) is 0.767. The Balaban J connectivity index is 1.46. The molecule has 0 unspecified atom stereocenters. The molecular formula is C15H20N2O4. The molecule has 0 aromatic carbocycles. The summed E-state index contributed by atoms with van der Waals surface area (Å²) in [6, 6.07) is 0.320. The average Bonchev–Trinajstić information content (AvgIpc) is 3.04. The van der Waals surface area contributed by atoms with Gasteiger partial charge in [0.05, 0.1) is 38.0 Å². The molecule has 0 amide bonds. The topological polar surface area (TPSA) is 62.6 Å². The minimum atomic E-state index is -0.408. The summed E-state index contributed by atoms with van der Waals surface area (Å²) in [5.74, 6) is -0.473. The molecule has 21 heavy (non-hydrogen) atoms. The van der Waals surface area contributed by atoms with Gasteiger partial charge < -0.3 is 14.2 Å². The summed E-state index contributed by atoms with van der Waals surface area (Å²) in [6.45, 7) is 1.37. The SMILES string of the molecule is COC(=O)[C@H]1C[C@H](n2cc3c(n2)CCC2(C3)OCCO2)C1. The zero-order chi connectivity index (χ0) is 14.4. The molecule has 6 nitrogen and oxygen atoms in total. The lowest BCUT2D eigenvalue weighted by atomic mass is 9.80. The Labute approximate surface area is 123 Å². The van der Waals surface area contributed by atoms with Gasteiger partial charge in [-0.1, -0.05) is 0 Å². The van der Waals surface area contributed by atoms with Crippen LogP contribution in [0.25, 0.3) is 0 Å². The molecule has 1 aromatic heterocycles. The summed E-state index contributed by atoms with van der Waals surface area (Å²) in [7, 11) is 1.45. The molecule has 0 radical (unpaired) electrons. The average molecular weight is 292 g/mol. The van der Waals surface area contributed by atoms with Crippen molar-refractivity contribution in [2.45, 2.75) is 43.9 Å². The van der Waals surface area contributed by atoms with E-state index in [1.165, 1.54) is 12.7 Å². The molecule has 0 atom stereocenters. The van der Waals surface area contributed by atoms with Crippen molar-refractivity contribution in [1.82, 2.24) is 9.78 Å². The van der Waals surface area contributed by atoms with Crippen molar-refractivity contribution in [2.75, 3.05) is 20.3 Å². The lowest BCUT2D eigenvalue weighted by Gasteiger charge is -2.33. The first kappa shape index (κ1) is 13.3. The first-order valence-corrected chi connectivity index (χ1v) is 7.62. The Morgan fingerprint density at radius 2 is 2.19 bits per heavy atom. The maximum Gasteiger partial charge on any atom is 0.308 e. The smallest absolute Gasteiger partial charge is 0.308 e. The summed E-state index contributed by atoms with van der Waals surface area (Å²) in [6.07, 6.45) is 6.33. The molecule has 2 aliphatic carbocycles. The number of esters is 1. The highest BCUT2D eigenvalue weighted by molar-refractivity contribution is 5.73. The Hall–Kier alpha value is -1.40. The fourth-order valence-electron chi connectivity index (χ4n) is 3.61. The predicted molar refractivity (Wildman–Crippen MR) is 72.7 cm³/mol. The molecule has 114 valence electrons. The van der Waals surface area contributed by atoms with Crippen LogP contribution in [0.15, 0.2) is 6.20 Å². The van der Waals surface area contributed by atoms with Crippen molar-refractivity contribution < 1.29 is 19.0 Å². The monoisotopic (exact) mass is 292 g/mol. The van der Waals surface area contributed by atoms with Gasteiger partial charge in [0.15, 0.2) is 5.79 Å². The summed E-state index contributed by atoms with van der Waals surface area (Å²) < 4.78 is 18.4. The lowest BCUT2D eigenvalue weighted by Crippen LogP contribution is -2.36. The first-order chi connectivity index (χ1) is 10.2. The van der Waals surface area contributed by atoms with E-state index >= 15 is 0 Å². The molecule has 4 rings (SSSR count). The van der Waals surface area contributed by atoms with E-state index in [-0.39, 0.29) is 11.9 Å². The number of methoxy groups -OCH3 is 1. The highest BCUT2D eigenvalue weighted by Gasteiger charge is 2.42. The number of ether oxygens (including phenoxy) is 3. The maximum absolute atomic E-state index is 11.5. The van der Waals surface area contributed by atoms with Crippen LogP contribution in [0, 0.1) is 5.92 Å². The molecular weight excluding hydrogens is 272 g/mol. The van der Waals surface area contributed by atoms with Gasteiger partial charge in [-0.3, -0.25) is 9.48 Å². The largest absolute Gasteiger partial charge is 0.469 e. The molecule has 1 saturated carbocycles. The van der Waals surface area contributed by atoms with E-state index in [1.807, 2.05) is 4.68 Å². The minimum absolute atomic E-state index is 0.0362. The summed E-state index contributed by atoms with van der Waals surface area (Å²) in [5.41, 5.74) is 2.38. The molecule has 6 heteroatoms. The van der Waals surface area contributed by atoms with Crippen molar-refractivity contribution >= 4 is 5.97 Å². The molecule has 0 N–H and O–H groups in total. The highest BCUT2D eigenvalue weighted by atomic mass is 16.7. The van der Waals surface area contributed by atoms with Crippen molar-refractivity contribution in [3.05, 3.63) is 17.5 Å². The van der Waals surface area contributed by atoms with Crippen LogP contribution in [0.1, 0.15) is 36.6 Å². The minimum Gasteiger partial charge on any atom is -0.469 e. The van der Waals surface area contributed by atoms with Crippen LogP contribution in [-0.4, -0.2) is 41.9 Å². The van der Waals surface area contributed by atoms with Gasteiger partial charge in [-0.05, 0) is 24.8 Å². The van der Waals surface area contributed by atoms with Crippen molar-refractivity contribution in [1.29, 1.82) is 0 Å². The Morgan fingerprint density at radius 3 is 2.90 bits per heavy atom. The van der Waals surface area contributed by atoms with Gasteiger partial charge in [0.1, 0.15) is 0 Å². The molecule has 1 saturated heterocycles. The van der Waals surface area contributed by atoms with Gasteiger partial charge >= 0.3 is 5.97 Å². The van der Waals surface area contributed by atoms with Crippen molar-refractivity contribution in [3.8, 4) is 0 Å². The second-order valence-corrected chi connectivity index (χ2v) is 6.21. The molecule has 0 bridgehead atoms. The summed E-state index contributed by atoms with van der Waals surface area (Å²) in [4.78, 5) is 11.5. The molecule has 1 aromatic rings. The van der Waals surface area contributed by atoms with E-state index in [4.69, 9.17) is 19.3 Å². The van der Waals surface area contributed by atoms with Gasteiger partial charge in [-0.15, -0.1) is 0 Å². The fraction of sp³-hybridized carbons (Fsp3) is 0.733. The Bertz CT molecular complexity index is 556. The van der Waals surface area contributed by atoms with Gasteiger partial charge in [0, 0.05) is 19.0 Å². The standard InChI is InChI=1S/C15H20N2O4/c1-19-14(18)10-6-12(7-10)17-9-11-8-15(20-4-5-21-15)3-2-13(11)16-17/h9-10,12H,2-8H2,1H3/t10-,12-. The van der Waals surface area contributed by atoms with Crippen LogP contribution in [0.2, 0.25) is 0 Å². The molecule has 1 aliphatic heterocycles. The number of carbonyl (C=O) groups is 1.